The zero-order valence-electron chi connectivity index (χ0n) is 16.7. The van der Waals surface area contributed by atoms with Crippen LogP contribution in [0.1, 0.15) is 61.9 Å². The predicted octanol–water partition coefficient (Wildman–Crippen LogP) is 4.88. The first-order valence-electron chi connectivity index (χ1n) is 10.4. The van der Waals surface area contributed by atoms with Crippen LogP contribution >= 0.6 is 11.3 Å². The summed E-state index contributed by atoms with van der Waals surface area (Å²) in [7, 11) is 1.72. The summed E-state index contributed by atoms with van der Waals surface area (Å²) in [4.78, 5) is 18.8. The highest BCUT2D eigenvalue weighted by Crippen LogP contribution is 2.54. The number of pyridine rings is 1. The minimum Gasteiger partial charge on any atom is -0.496 e. The largest absolute Gasteiger partial charge is 0.496 e. The molecule has 0 radical (unpaired) electrons. The van der Waals surface area contributed by atoms with Gasteiger partial charge >= 0.3 is 0 Å². The lowest BCUT2D eigenvalue weighted by Gasteiger charge is -2.45. The van der Waals surface area contributed by atoms with E-state index < -0.39 is 0 Å². The van der Waals surface area contributed by atoms with Crippen LogP contribution in [0.15, 0.2) is 35.8 Å². The summed E-state index contributed by atoms with van der Waals surface area (Å²) >= 11 is 1.73. The zero-order chi connectivity index (χ0) is 19.5. The number of nitrogens with zero attached hydrogens (tertiary/aromatic N) is 1. The van der Waals surface area contributed by atoms with Crippen LogP contribution in [0.3, 0.4) is 0 Å². The standard InChI is InChI=1S/C23H30N2O2S/c1-27-18-8-15-28-19(18)16-24-14-12-22(20-6-2-5-13-25-20)11-7-21(26)23(17-22)9-3-4-10-23/h2,5-6,8,13,15,24H,3-4,7,9-12,14,16-17H2,1H3/t22-/m1/s1. The monoisotopic (exact) mass is 398 g/mol. The Labute approximate surface area is 171 Å². The molecular formula is C23H30N2O2S. The normalized spacial score (nSPS) is 24.0. The molecule has 150 valence electrons. The summed E-state index contributed by atoms with van der Waals surface area (Å²) in [5, 5.41) is 5.68. The van der Waals surface area contributed by atoms with E-state index in [1.165, 1.54) is 23.4 Å². The van der Waals surface area contributed by atoms with E-state index in [-0.39, 0.29) is 10.8 Å². The Kier molecular flexibility index (Phi) is 5.83. The summed E-state index contributed by atoms with van der Waals surface area (Å²) in [5.74, 6) is 1.47. The summed E-state index contributed by atoms with van der Waals surface area (Å²) in [6.07, 6.45) is 10.1. The molecule has 5 heteroatoms. The summed E-state index contributed by atoms with van der Waals surface area (Å²) in [6.45, 7) is 1.74. The fraction of sp³-hybridized carbons (Fsp3) is 0.565. The van der Waals surface area contributed by atoms with Gasteiger partial charge in [0, 0.05) is 35.7 Å². The van der Waals surface area contributed by atoms with Gasteiger partial charge in [0.15, 0.2) is 0 Å². The van der Waals surface area contributed by atoms with Gasteiger partial charge in [-0.25, -0.2) is 0 Å². The maximum Gasteiger partial charge on any atom is 0.139 e. The van der Waals surface area contributed by atoms with Crippen LogP contribution in [-0.2, 0) is 16.8 Å². The Morgan fingerprint density at radius 2 is 2.07 bits per heavy atom. The highest BCUT2D eigenvalue weighted by atomic mass is 32.1. The molecule has 2 aromatic heterocycles. The van der Waals surface area contributed by atoms with Crippen molar-refractivity contribution in [3.8, 4) is 5.75 Å². The van der Waals surface area contributed by atoms with Crippen molar-refractivity contribution >= 4 is 17.1 Å². The number of ether oxygens (including phenoxy) is 1. The van der Waals surface area contributed by atoms with Gasteiger partial charge in [0.2, 0.25) is 0 Å². The quantitative estimate of drug-likeness (QED) is 0.675. The number of carbonyl (C=O) groups excluding carboxylic acids is 1. The molecule has 1 N–H and O–H groups in total. The van der Waals surface area contributed by atoms with Gasteiger partial charge in [-0.3, -0.25) is 9.78 Å². The molecule has 2 aliphatic carbocycles. The molecule has 0 bridgehead atoms. The van der Waals surface area contributed by atoms with Crippen molar-refractivity contribution in [3.05, 3.63) is 46.4 Å². The van der Waals surface area contributed by atoms with E-state index in [1.807, 2.05) is 18.3 Å². The molecular weight excluding hydrogens is 368 g/mol. The van der Waals surface area contributed by atoms with Crippen molar-refractivity contribution in [2.75, 3.05) is 13.7 Å². The van der Waals surface area contributed by atoms with Gasteiger partial charge in [0.05, 0.1) is 12.0 Å². The van der Waals surface area contributed by atoms with Gasteiger partial charge in [-0.05, 0) is 62.2 Å². The lowest BCUT2D eigenvalue weighted by molar-refractivity contribution is -0.133. The van der Waals surface area contributed by atoms with Crippen molar-refractivity contribution in [3.63, 3.8) is 0 Å². The second-order valence-corrected chi connectivity index (χ2v) is 9.42. The molecule has 2 aliphatic rings. The van der Waals surface area contributed by atoms with Crippen LogP contribution in [0.5, 0.6) is 5.75 Å². The highest BCUT2D eigenvalue weighted by Gasteiger charge is 2.51. The van der Waals surface area contributed by atoms with E-state index in [0.29, 0.717) is 12.2 Å². The Bertz CT molecular complexity index is 798. The first-order valence-corrected chi connectivity index (χ1v) is 11.3. The molecule has 2 fully saturated rings. The number of Topliss-reactive ketones (excluding diaryl/α,β-unsaturated/α-hetero) is 1. The Balaban J connectivity index is 1.49. The minimum absolute atomic E-state index is 0.00600. The summed E-state index contributed by atoms with van der Waals surface area (Å²) in [5.41, 5.74) is 1.09. The van der Waals surface area contributed by atoms with Gasteiger partial charge in [-0.15, -0.1) is 11.3 Å². The number of aromatic nitrogens is 1. The summed E-state index contributed by atoms with van der Waals surface area (Å²) in [6, 6.07) is 8.26. The molecule has 0 saturated heterocycles. The molecule has 0 aromatic carbocycles. The van der Waals surface area contributed by atoms with Crippen molar-refractivity contribution in [1.82, 2.24) is 10.3 Å². The average Bonchev–Trinajstić information content (AvgIpc) is 3.39. The lowest BCUT2D eigenvalue weighted by Crippen LogP contribution is -2.45. The Morgan fingerprint density at radius 3 is 2.82 bits per heavy atom. The van der Waals surface area contributed by atoms with E-state index >= 15 is 0 Å². The molecule has 2 aromatic rings. The number of hydrogen-bond donors (Lipinski definition) is 1. The Hall–Kier alpha value is -1.72. The van der Waals surface area contributed by atoms with Gasteiger partial charge < -0.3 is 10.1 Å². The van der Waals surface area contributed by atoms with Crippen LogP contribution < -0.4 is 10.1 Å². The summed E-state index contributed by atoms with van der Waals surface area (Å²) < 4.78 is 5.42. The number of rotatable bonds is 7. The number of methoxy groups -OCH3 is 1. The SMILES string of the molecule is COc1ccsc1CNCC[C@]1(c2ccccn2)CCC(=O)C2(CCCC2)C1. The van der Waals surface area contributed by atoms with Crippen LogP contribution in [0, 0.1) is 5.41 Å². The molecule has 28 heavy (non-hydrogen) atoms. The van der Waals surface area contributed by atoms with E-state index in [9.17, 15) is 4.79 Å². The lowest BCUT2D eigenvalue weighted by atomic mass is 9.58. The molecule has 0 unspecified atom stereocenters. The van der Waals surface area contributed by atoms with Crippen molar-refractivity contribution in [2.24, 2.45) is 5.41 Å². The van der Waals surface area contributed by atoms with E-state index in [0.717, 1.165) is 50.9 Å². The van der Waals surface area contributed by atoms with Crippen LogP contribution in [-0.4, -0.2) is 24.4 Å². The van der Waals surface area contributed by atoms with E-state index in [4.69, 9.17) is 9.72 Å². The average molecular weight is 399 g/mol. The van der Waals surface area contributed by atoms with Crippen LogP contribution in [0.4, 0.5) is 0 Å². The molecule has 2 heterocycles. The third-order valence-corrected chi connectivity index (χ3v) is 7.76. The first kappa shape index (κ1) is 19.6. The van der Waals surface area contributed by atoms with E-state index in [2.05, 4.69) is 22.8 Å². The molecule has 0 aliphatic heterocycles. The second kappa shape index (κ2) is 8.34. The number of carbonyl (C=O) groups is 1. The van der Waals surface area contributed by atoms with Gasteiger partial charge in [-0.1, -0.05) is 18.9 Å². The third-order valence-electron chi connectivity index (χ3n) is 6.86. The van der Waals surface area contributed by atoms with Crippen molar-refractivity contribution in [2.45, 2.75) is 63.3 Å². The van der Waals surface area contributed by atoms with Gasteiger partial charge in [-0.2, -0.15) is 0 Å². The Morgan fingerprint density at radius 1 is 1.21 bits per heavy atom. The first-order chi connectivity index (χ1) is 13.7. The number of thiophene rings is 1. The molecule has 0 amide bonds. The van der Waals surface area contributed by atoms with E-state index in [1.54, 1.807) is 18.4 Å². The minimum atomic E-state index is -0.0905. The predicted molar refractivity (Wildman–Crippen MR) is 113 cm³/mol. The highest BCUT2D eigenvalue weighted by molar-refractivity contribution is 7.10. The molecule has 1 spiro atoms. The second-order valence-electron chi connectivity index (χ2n) is 8.42. The molecule has 1 atom stereocenters. The molecule has 4 rings (SSSR count). The van der Waals surface area contributed by atoms with Crippen LogP contribution in [0.2, 0.25) is 0 Å². The smallest absolute Gasteiger partial charge is 0.139 e. The molecule has 2 saturated carbocycles. The fourth-order valence-electron chi connectivity index (χ4n) is 5.37. The number of nitrogens with one attached hydrogen (secondary N) is 1. The third kappa shape index (κ3) is 3.74. The number of ketones is 1. The zero-order valence-corrected chi connectivity index (χ0v) is 17.5. The maximum absolute atomic E-state index is 12.8. The van der Waals surface area contributed by atoms with Crippen molar-refractivity contribution in [1.29, 1.82) is 0 Å². The maximum atomic E-state index is 12.8. The van der Waals surface area contributed by atoms with Crippen molar-refractivity contribution < 1.29 is 9.53 Å². The van der Waals surface area contributed by atoms with Gasteiger partial charge in [0.25, 0.3) is 0 Å². The fourth-order valence-corrected chi connectivity index (χ4v) is 6.17. The van der Waals surface area contributed by atoms with Crippen LogP contribution in [0.25, 0.3) is 0 Å². The topological polar surface area (TPSA) is 51.2 Å². The molecule has 4 nitrogen and oxygen atoms in total. The van der Waals surface area contributed by atoms with Gasteiger partial charge in [0.1, 0.15) is 11.5 Å². The number of hydrogen-bond acceptors (Lipinski definition) is 5.